The molecule has 0 amide bonds. The third-order valence-electron chi connectivity index (χ3n) is 3.60. The topological polar surface area (TPSA) is 58.9 Å². The summed E-state index contributed by atoms with van der Waals surface area (Å²) in [5.74, 6) is -0.298. The SMILES string of the molecule is O=[N+]([O-])CC(c1ccc(Cl)cc1)c1c[nH]c2ccccc12. The average Bonchev–Trinajstić information content (AvgIpc) is 2.89. The van der Waals surface area contributed by atoms with Crippen LogP contribution in [0.2, 0.25) is 5.02 Å². The Kier molecular flexibility index (Phi) is 3.62. The summed E-state index contributed by atoms with van der Waals surface area (Å²) >= 11 is 5.90. The summed E-state index contributed by atoms with van der Waals surface area (Å²) in [6.45, 7) is -0.149. The van der Waals surface area contributed by atoms with E-state index in [-0.39, 0.29) is 17.4 Å². The number of hydrogen-bond acceptors (Lipinski definition) is 2. The van der Waals surface area contributed by atoms with Crippen LogP contribution in [0.4, 0.5) is 0 Å². The molecule has 106 valence electrons. The van der Waals surface area contributed by atoms with Crippen LogP contribution in [0.1, 0.15) is 17.0 Å². The number of aromatic amines is 1. The number of para-hydroxylation sites is 1. The molecule has 21 heavy (non-hydrogen) atoms. The molecule has 2 aromatic carbocycles. The zero-order valence-electron chi connectivity index (χ0n) is 11.1. The Morgan fingerprint density at radius 2 is 1.86 bits per heavy atom. The van der Waals surface area contributed by atoms with Gasteiger partial charge in [-0.1, -0.05) is 41.9 Å². The number of nitro groups is 1. The molecule has 1 N–H and O–H groups in total. The van der Waals surface area contributed by atoms with Crippen LogP contribution in [0.5, 0.6) is 0 Å². The number of hydrogen-bond donors (Lipinski definition) is 1. The van der Waals surface area contributed by atoms with Crippen LogP contribution in [0.15, 0.2) is 54.7 Å². The van der Waals surface area contributed by atoms with Gasteiger partial charge in [0.25, 0.3) is 0 Å². The molecule has 1 unspecified atom stereocenters. The molecule has 0 saturated heterocycles. The van der Waals surface area contributed by atoms with Gasteiger partial charge >= 0.3 is 0 Å². The van der Waals surface area contributed by atoms with Gasteiger partial charge in [0.1, 0.15) is 0 Å². The minimum absolute atomic E-state index is 0.149. The molecule has 0 radical (unpaired) electrons. The van der Waals surface area contributed by atoms with Crippen molar-refractivity contribution in [3.8, 4) is 0 Å². The van der Waals surface area contributed by atoms with Crippen LogP contribution < -0.4 is 0 Å². The van der Waals surface area contributed by atoms with Gasteiger partial charge in [0.15, 0.2) is 0 Å². The van der Waals surface area contributed by atoms with E-state index < -0.39 is 0 Å². The summed E-state index contributed by atoms with van der Waals surface area (Å²) in [4.78, 5) is 13.9. The van der Waals surface area contributed by atoms with Crippen molar-refractivity contribution in [3.63, 3.8) is 0 Å². The molecule has 4 nitrogen and oxygen atoms in total. The van der Waals surface area contributed by atoms with Gasteiger partial charge in [-0.3, -0.25) is 10.1 Å². The third kappa shape index (κ3) is 2.76. The molecule has 0 fully saturated rings. The van der Waals surface area contributed by atoms with Crippen molar-refractivity contribution in [1.82, 2.24) is 4.98 Å². The Labute approximate surface area is 126 Å². The highest BCUT2D eigenvalue weighted by Gasteiger charge is 2.23. The first-order valence-corrected chi connectivity index (χ1v) is 6.96. The quantitative estimate of drug-likeness (QED) is 0.579. The molecule has 1 aromatic heterocycles. The van der Waals surface area contributed by atoms with Crippen LogP contribution in [0, 0.1) is 10.1 Å². The van der Waals surface area contributed by atoms with Crippen LogP contribution in [-0.2, 0) is 0 Å². The molecule has 0 saturated carbocycles. The second kappa shape index (κ2) is 5.58. The average molecular weight is 301 g/mol. The van der Waals surface area contributed by atoms with E-state index in [1.165, 1.54) is 0 Å². The number of H-pyrrole nitrogens is 1. The van der Waals surface area contributed by atoms with Crippen molar-refractivity contribution in [2.45, 2.75) is 5.92 Å². The summed E-state index contributed by atoms with van der Waals surface area (Å²) in [6, 6.07) is 15.0. The number of nitrogens with zero attached hydrogens (tertiary/aromatic N) is 1. The van der Waals surface area contributed by atoms with E-state index in [2.05, 4.69) is 4.98 Å². The number of rotatable bonds is 4. The summed E-state index contributed by atoms with van der Waals surface area (Å²) < 4.78 is 0. The molecule has 1 heterocycles. The minimum atomic E-state index is -0.298. The molecule has 0 aliphatic rings. The first-order valence-electron chi connectivity index (χ1n) is 6.58. The number of aromatic nitrogens is 1. The fourth-order valence-corrected chi connectivity index (χ4v) is 2.74. The number of halogens is 1. The predicted octanol–water partition coefficient (Wildman–Crippen LogP) is 4.23. The molecule has 0 spiro atoms. The second-order valence-corrected chi connectivity index (χ2v) is 5.35. The minimum Gasteiger partial charge on any atom is -0.361 e. The lowest BCUT2D eigenvalue weighted by Crippen LogP contribution is -2.13. The molecule has 0 aliphatic carbocycles. The highest BCUT2D eigenvalue weighted by molar-refractivity contribution is 6.30. The zero-order valence-corrected chi connectivity index (χ0v) is 11.9. The van der Waals surface area contributed by atoms with Gasteiger partial charge in [-0.15, -0.1) is 0 Å². The lowest BCUT2D eigenvalue weighted by atomic mass is 9.91. The van der Waals surface area contributed by atoms with E-state index in [1.807, 2.05) is 42.6 Å². The van der Waals surface area contributed by atoms with Crippen LogP contribution in [0.3, 0.4) is 0 Å². The lowest BCUT2D eigenvalue weighted by molar-refractivity contribution is -0.481. The maximum absolute atomic E-state index is 11.1. The summed E-state index contributed by atoms with van der Waals surface area (Å²) in [6.07, 6.45) is 1.85. The van der Waals surface area contributed by atoms with E-state index in [0.717, 1.165) is 22.0 Å². The van der Waals surface area contributed by atoms with Gasteiger partial charge in [-0.05, 0) is 29.3 Å². The Hall–Kier alpha value is -2.33. The van der Waals surface area contributed by atoms with Gasteiger partial charge in [0, 0.05) is 27.0 Å². The maximum Gasteiger partial charge on any atom is 0.214 e. The van der Waals surface area contributed by atoms with Gasteiger partial charge in [-0.25, -0.2) is 0 Å². The Bertz CT molecular complexity index is 780. The number of benzene rings is 2. The van der Waals surface area contributed by atoms with Crippen molar-refractivity contribution in [2.24, 2.45) is 0 Å². The van der Waals surface area contributed by atoms with E-state index >= 15 is 0 Å². The van der Waals surface area contributed by atoms with Crippen molar-refractivity contribution in [3.05, 3.63) is 81.0 Å². The lowest BCUT2D eigenvalue weighted by Gasteiger charge is -2.13. The van der Waals surface area contributed by atoms with Crippen molar-refractivity contribution in [2.75, 3.05) is 6.54 Å². The maximum atomic E-state index is 11.1. The molecule has 1 atom stereocenters. The fourth-order valence-electron chi connectivity index (χ4n) is 2.61. The summed E-state index contributed by atoms with van der Waals surface area (Å²) in [7, 11) is 0. The van der Waals surface area contributed by atoms with E-state index in [1.54, 1.807) is 12.1 Å². The first kappa shape index (κ1) is 13.6. The van der Waals surface area contributed by atoms with Crippen molar-refractivity contribution >= 4 is 22.5 Å². The first-order chi connectivity index (χ1) is 10.1. The fraction of sp³-hybridized carbons (Fsp3) is 0.125. The molecule has 0 bridgehead atoms. The molecule has 3 aromatic rings. The highest BCUT2D eigenvalue weighted by Crippen LogP contribution is 2.31. The van der Waals surface area contributed by atoms with E-state index in [4.69, 9.17) is 11.6 Å². The van der Waals surface area contributed by atoms with Gasteiger partial charge in [0.2, 0.25) is 6.54 Å². The summed E-state index contributed by atoms with van der Waals surface area (Å²) in [5.41, 5.74) is 2.81. The van der Waals surface area contributed by atoms with E-state index in [9.17, 15) is 10.1 Å². The Balaban J connectivity index is 2.11. The van der Waals surface area contributed by atoms with Crippen LogP contribution >= 0.6 is 11.6 Å². The normalized spacial score (nSPS) is 12.4. The van der Waals surface area contributed by atoms with Gasteiger partial charge in [0.05, 0.1) is 5.92 Å². The molecule has 0 aliphatic heterocycles. The Morgan fingerprint density at radius 3 is 2.57 bits per heavy atom. The molecule has 3 rings (SSSR count). The summed E-state index contributed by atoms with van der Waals surface area (Å²) in [5, 5.41) is 12.7. The van der Waals surface area contributed by atoms with Crippen LogP contribution in [0.25, 0.3) is 10.9 Å². The zero-order chi connectivity index (χ0) is 14.8. The van der Waals surface area contributed by atoms with Crippen molar-refractivity contribution < 1.29 is 4.92 Å². The largest absolute Gasteiger partial charge is 0.361 e. The second-order valence-electron chi connectivity index (χ2n) is 4.91. The van der Waals surface area contributed by atoms with Gasteiger partial charge < -0.3 is 4.98 Å². The smallest absolute Gasteiger partial charge is 0.214 e. The predicted molar refractivity (Wildman–Crippen MR) is 83.5 cm³/mol. The third-order valence-corrected chi connectivity index (χ3v) is 3.85. The molecular formula is C16H13ClN2O2. The monoisotopic (exact) mass is 300 g/mol. The molecular weight excluding hydrogens is 288 g/mol. The van der Waals surface area contributed by atoms with E-state index in [0.29, 0.717) is 5.02 Å². The number of nitrogens with one attached hydrogen (secondary N) is 1. The van der Waals surface area contributed by atoms with Gasteiger partial charge in [-0.2, -0.15) is 0 Å². The highest BCUT2D eigenvalue weighted by atomic mass is 35.5. The molecule has 5 heteroatoms. The number of fused-ring (bicyclic) bond motifs is 1. The van der Waals surface area contributed by atoms with Crippen LogP contribution in [-0.4, -0.2) is 16.5 Å². The Morgan fingerprint density at radius 1 is 1.14 bits per heavy atom. The standard InChI is InChI=1S/C16H13ClN2O2/c17-12-7-5-11(6-8-12)15(10-19(20)21)14-9-18-16-4-2-1-3-13(14)16/h1-9,15,18H,10H2. The van der Waals surface area contributed by atoms with Crippen molar-refractivity contribution in [1.29, 1.82) is 0 Å².